The van der Waals surface area contributed by atoms with Crippen molar-refractivity contribution in [2.24, 2.45) is 5.10 Å². The van der Waals surface area contributed by atoms with Crippen LogP contribution in [0.15, 0.2) is 82.7 Å². The quantitative estimate of drug-likeness (QED) is 0.252. The molecule has 0 atom stereocenters. The van der Waals surface area contributed by atoms with Gasteiger partial charge in [0.2, 0.25) is 0 Å². The van der Waals surface area contributed by atoms with Gasteiger partial charge in [-0.15, -0.1) is 0 Å². The van der Waals surface area contributed by atoms with E-state index in [0.29, 0.717) is 11.1 Å². The van der Waals surface area contributed by atoms with Gasteiger partial charge >= 0.3 is 12.1 Å². The Balaban J connectivity index is 1.92. The zero-order chi connectivity index (χ0) is 23.6. The Morgan fingerprint density at radius 3 is 2.52 bits per heavy atom. The lowest BCUT2D eigenvalue weighted by Crippen LogP contribution is -2.20. The number of esters is 1. The highest BCUT2D eigenvalue weighted by Crippen LogP contribution is 2.32. The van der Waals surface area contributed by atoms with E-state index in [9.17, 15) is 22.8 Å². The molecule has 0 amide bonds. The number of carbonyl (C=O) groups excluding carboxylic acids is 1. The molecule has 1 heterocycles. The standard InChI is InChI=1S/C24H16F3N3O3/c1-15(31)33-21-12-5-2-7-17(21)14-28-30-22(16-8-6-9-18(13-16)24(25,26)27)29-20-11-4-3-10-19(20)23(30)32/h2-14H,1H3. The van der Waals surface area contributed by atoms with Gasteiger partial charge in [0.15, 0.2) is 5.82 Å². The summed E-state index contributed by atoms with van der Waals surface area (Å²) < 4.78 is 45.9. The lowest BCUT2D eigenvalue weighted by molar-refractivity contribution is -0.137. The van der Waals surface area contributed by atoms with Gasteiger partial charge in [0.05, 0.1) is 22.7 Å². The summed E-state index contributed by atoms with van der Waals surface area (Å²) in [5, 5.41) is 4.46. The van der Waals surface area contributed by atoms with Crippen molar-refractivity contribution in [2.75, 3.05) is 0 Å². The van der Waals surface area contributed by atoms with Crippen LogP contribution >= 0.6 is 0 Å². The molecule has 0 spiro atoms. The maximum atomic E-state index is 13.3. The fraction of sp³-hybridized carbons (Fsp3) is 0.0833. The predicted octanol–water partition coefficient (Wildman–Crippen LogP) is 4.89. The lowest BCUT2D eigenvalue weighted by atomic mass is 10.1. The summed E-state index contributed by atoms with van der Waals surface area (Å²) in [5.41, 5.74) is -0.658. The summed E-state index contributed by atoms with van der Waals surface area (Å²) >= 11 is 0. The molecule has 3 aromatic carbocycles. The van der Waals surface area contributed by atoms with E-state index in [4.69, 9.17) is 4.74 Å². The van der Waals surface area contributed by atoms with Crippen LogP contribution in [0.3, 0.4) is 0 Å². The van der Waals surface area contributed by atoms with E-state index in [0.717, 1.165) is 16.8 Å². The van der Waals surface area contributed by atoms with Crippen LogP contribution in [0.2, 0.25) is 0 Å². The van der Waals surface area contributed by atoms with Gasteiger partial charge < -0.3 is 4.74 Å². The van der Waals surface area contributed by atoms with Gasteiger partial charge in [0, 0.05) is 18.1 Å². The zero-order valence-electron chi connectivity index (χ0n) is 17.2. The molecule has 1 aromatic heterocycles. The zero-order valence-corrected chi connectivity index (χ0v) is 17.2. The molecule has 0 fully saturated rings. The summed E-state index contributed by atoms with van der Waals surface area (Å²) in [7, 11) is 0. The molecule has 0 unspecified atom stereocenters. The third-order valence-corrected chi connectivity index (χ3v) is 4.69. The van der Waals surface area contributed by atoms with E-state index in [1.807, 2.05) is 0 Å². The maximum absolute atomic E-state index is 13.3. The Morgan fingerprint density at radius 2 is 1.76 bits per heavy atom. The highest BCUT2D eigenvalue weighted by atomic mass is 19.4. The molecule has 4 aromatic rings. The van der Waals surface area contributed by atoms with Gasteiger partial charge in [-0.1, -0.05) is 36.4 Å². The smallest absolute Gasteiger partial charge is 0.416 e. The van der Waals surface area contributed by atoms with Crippen LogP contribution in [-0.2, 0) is 11.0 Å². The number of aromatic nitrogens is 2. The number of fused-ring (bicyclic) bond motifs is 1. The summed E-state index contributed by atoms with van der Waals surface area (Å²) in [4.78, 5) is 29.0. The highest BCUT2D eigenvalue weighted by molar-refractivity contribution is 5.86. The van der Waals surface area contributed by atoms with Crippen LogP contribution in [0.5, 0.6) is 5.75 Å². The number of rotatable bonds is 4. The minimum Gasteiger partial charge on any atom is -0.426 e. The molecule has 0 bridgehead atoms. The Labute approximate surface area is 185 Å². The van der Waals surface area contributed by atoms with E-state index >= 15 is 0 Å². The molecular weight excluding hydrogens is 435 g/mol. The van der Waals surface area contributed by atoms with Crippen molar-refractivity contribution in [1.82, 2.24) is 9.66 Å². The summed E-state index contributed by atoms with van der Waals surface area (Å²) in [5.74, 6) is -0.382. The minimum atomic E-state index is -4.57. The average Bonchev–Trinajstić information content (AvgIpc) is 2.78. The number of ether oxygens (including phenoxy) is 1. The van der Waals surface area contributed by atoms with Crippen molar-refractivity contribution in [3.05, 3.63) is 94.3 Å². The number of hydrogen-bond donors (Lipinski definition) is 0. The van der Waals surface area contributed by atoms with Crippen LogP contribution in [0.1, 0.15) is 18.1 Å². The number of hydrogen-bond acceptors (Lipinski definition) is 5. The second-order valence-electron chi connectivity index (χ2n) is 7.02. The van der Waals surface area contributed by atoms with Crippen molar-refractivity contribution >= 4 is 23.1 Å². The third-order valence-electron chi connectivity index (χ3n) is 4.69. The molecule has 6 nitrogen and oxygen atoms in total. The first kappa shape index (κ1) is 21.9. The monoisotopic (exact) mass is 451 g/mol. The number of benzene rings is 3. The topological polar surface area (TPSA) is 73.5 Å². The Bertz CT molecular complexity index is 1440. The molecular formula is C24H16F3N3O3. The molecule has 0 radical (unpaired) electrons. The predicted molar refractivity (Wildman–Crippen MR) is 117 cm³/mol. The molecule has 4 rings (SSSR count). The molecule has 33 heavy (non-hydrogen) atoms. The van der Waals surface area contributed by atoms with Crippen LogP contribution < -0.4 is 10.3 Å². The van der Waals surface area contributed by atoms with E-state index in [2.05, 4.69) is 10.1 Å². The van der Waals surface area contributed by atoms with Crippen LogP contribution in [-0.4, -0.2) is 21.8 Å². The minimum absolute atomic E-state index is 0.0639. The second kappa shape index (κ2) is 8.70. The van der Waals surface area contributed by atoms with Gasteiger partial charge in [-0.2, -0.15) is 22.9 Å². The Kier molecular flexibility index (Phi) is 5.78. The molecule has 0 aliphatic rings. The van der Waals surface area contributed by atoms with E-state index in [1.54, 1.807) is 48.5 Å². The number of halogens is 3. The van der Waals surface area contributed by atoms with E-state index < -0.39 is 23.3 Å². The number of alkyl halides is 3. The molecule has 166 valence electrons. The summed E-state index contributed by atoms with van der Waals surface area (Å²) in [6.45, 7) is 1.25. The molecule has 0 saturated carbocycles. The first-order valence-electron chi connectivity index (χ1n) is 9.75. The molecule has 0 saturated heterocycles. The summed E-state index contributed by atoms with van der Waals surface area (Å²) in [6, 6.07) is 17.5. The van der Waals surface area contributed by atoms with Crippen molar-refractivity contribution in [1.29, 1.82) is 0 Å². The van der Waals surface area contributed by atoms with E-state index in [1.165, 1.54) is 25.3 Å². The van der Waals surface area contributed by atoms with Crippen molar-refractivity contribution < 1.29 is 22.7 Å². The van der Waals surface area contributed by atoms with Gasteiger partial charge in [-0.25, -0.2) is 4.98 Å². The molecule has 0 N–H and O–H groups in total. The highest BCUT2D eigenvalue weighted by Gasteiger charge is 2.31. The number of para-hydroxylation sites is 2. The maximum Gasteiger partial charge on any atom is 0.416 e. The van der Waals surface area contributed by atoms with Crippen molar-refractivity contribution in [3.8, 4) is 17.1 Å². The largest absolute Gasteiger partial charge is 0.426 e. The van der Waals surface area contributed by atoms with Crippen LogP contribution in [0, 0.1) is 0 Å². The Hall–Kier alpha value is -4.27. The lowest BCUT2D eigenvalue weighted by Gasteiger charge is -2.12. The van der Waals surface area contributed by atoms with Gasteiger partial charge in [0.1, 0.15) is 5.75 Å². The normalized spacial score (nSPS) is 11.8. The van der Waals surface area contributed by atoms with Gasteiger partial charge in [-0.3, -0.25) is 9.59 Å². The van der Waals surface area contributed by atoms with Crippen molar-refractivity contribution in [2.45, 2.75) is 13.1 Å². The molecule has 0 aliphatic heterocycles. The van der Waals surface area contributed by atoms with Gasteiger partial charge in [0.25, 0.3) is 5.56 Å². The molecule has 9 heteroatoms. The van der Waals surface area contributed by atoms with Crippen LogP contribution in [0.25, 0.3) is 22.3 Å². The third kappa shape index (κ3) is 4.67. The van der Waals surface area contributed by atoms with E-state index in [-0.39, 0.29) is 22.5 Å². The summed E-state index contributed by atoms with van der Waals surface area (Å²) in [6.07, 6.45) is -3.28. The number of carbonyl (C=O) groups is 1. The Morgan fingerprint density at radius 1 is 1.03 bits per heavy atom. The van der Waals surface area contributed by atoms with Crippen molar-refractivity contribution in [3.63, 3.8) is 0 Å². The fourth-order valence-corrected chi connectivity index (χ4v) is 3.21. The van der Waals surface area contributed by atoms with Crippen LogP contribution in [0.4, 0.5) is 13.2 Å². The number of nitrogens with zero attached hydrogens (tertiary/aromatic N) is 3. The average molecular weight is 451 g/mol. The van der Waals surface area contributed by atoms with Gasteiger partial charge in [-0.05, 0) is 36.4 Å². The SMILES string of the molecule is CC(=O)Oc1ccccc1C=Nn1c(-c2cccc(C(F)(F)F)c2)nc2ccccc2c1=O. The molecule has 0 aliphatic carbocycles. The second-order valence-corrected chi connectivity index (χ2v) is 7.02. The fourth-order valence-electron chi connectivity index (χ4n) is 3.21. The first-order chi connectivity index (χ1) is 15.7. The first-order valence-corrected chi connectivity index (χ1v) is 9.75.